The van der Waals surface area contributed by atoms with Gasteiger partial charge in [0.2, 0.25) is 12.3 Å². The minimum absolute atomic E-state index is 0.0481. The molecule has 0 N–H and O–H groups in total. The van der Waals surface area contributed by atoms with Crippen molar-refractivity contribution in [1.82, 2.24) is 19.8 Å². The number of hydrogen-bond acceptors (Lipinski definition) is 6. The summed E-state index contributed by atoms with van der Waals surface area (Å²) in [6, 6.07) is 9.81. The van der Waals surface area contributed by atoms with Crippen LogP contribution < -0.4 is 9.64 Å². The topological polar surface area (TPSA) is 78.9 Å². The fourth-order valence-corrected chi connectivity index (χ4v) is 4.10. The Morgan fingerprint density at radius 2 is 1.73 bits per heavy atom. The SMILES string of the molecule is COc1ccc(-c2cc(N3CCC(C(=O)N4CCN(C=O)CC4)CC3)ncn2)cc1. The van der Waals surface area contributed by atoms with E-state index >= 15 is 0 Å². The molecule has 2 aromatic rings. The van der Waals surface area contributed by atoms with Crippen molar-refractivity contribution in [1.29, 1.82) is 0 Å². The van der Waals surface area contributed by atoms with Crippen LogP contribution in [0.25, 0.3) is 11.3 Å². The van der Waals surface area contributed by atoms with Crippen LogP contribution in [0.3, 0.4) is 0 Å². The number of nitrogens with zero attached hydrogens (tertiary/aromatic N) is 5. The monoisotopic (exact) mass is 409 g/mol. The molecule has 0 unspecified atom stereocenters. The van der Waals surface area contributed by atoms with E-state index < -0.39 is 0 Å². The molecule has 8 heteroatoms. The lowest BCUT2D eigenvalue weighted by Crippen LogP contribution is -2.51. The second-order valence-corrected chi connectivity index (χ2v) is 7.72. The van der Waals surface area contributed by atoms with Crippen LogP contribution in [0.15, 0.2) is 36.7 Å². The molecule has 0 saturated carbocycles. The molecule has 2 saturated heterocycles. The molecule has 30 heavy (non-hydrogen) atoms. The molecule has 8 nitrogen and oxygen atoms in total. The summed E-state index contributed by atoms with van der Waals surface area (Å²) in [5.41, 5.74) is 1.88. The predicted octanol–water partition coefficient (Wildman–Crippen LogP) is 1.67. The minimum Gasteiger partial charge on any atom is -0.497 e. The highest BCUT2D eigenvalue weighted by Gasteiger charge is 2.30. The molecule has 2 amide bonds. The predicted molar refractivity (Wildman–Crippen MR) is 113 cm³/mol. The van der Waals surface area contributed by atoms with Crippen LogP contribution in [0, 0.1) is 5.92 Å². The summed E-state index contributed by atoms with van der Waals surface area (Å²) in [5, 5.41) is 0. The van der Waals surface area contributed by atoms with Crippen molar-refractivity contribution in [3.8, 4) is 17.0 Å². The smallest absolute Gasteiger partial charge is 0.225 e. The van der Waals surface area contributed by atoms with Gasteiger partial charge in [-0.05, 0) is 37.1 Å². The fourth-order valence-electron chi connectivity index (χ4n) is 4.10. The Kier molecular flexibility index (Phi) is 6.11. The maximum atomic E-state index is 12.8. The fraction of sp³-hybridized carbons (Fsp3) is 0.455. The number of piperidine rings is 1. The number of anilines is 1. The quantitative estimate of drug-likeness (QED) is 0.699. The van der Waals surface area contributed by atoms with Crippen LogP contribution in [-0.4, -0.2) is 78.5 Å². The number of piperazine rings is 1. The van der Waals surface area contributed by atoms with Gasteiger partial charge in [-0.25, -0.2) is 9.97 Å². The Balaban J connectivity index is 1.36. The van der Waals surface area contributed by atoms with E-state index in [0.29, 0.717) is 26.2 Å². The summed E-state index contributed by atoms with van der Waals surface area (Å²) in [7, 11) is 1.65. The number of amides is 2. The lowest BCUT2D eigenvalue weighted by atomic mass is 9.95. The number of aromatic nitrogens is 2. The number of benzene rings is 1. The van der Waals surface area contributed by atoms with Gasteiger partial charge in [0.25, 0.3) is 0 Å². The van der Waals surface area contributed by atoms with Crippen LogP contribution in [-0.2, 0) is 9.59 Å². The molecular weight excluding hydrogens is 382 g/mol. The summed E-state index contributed by atoms with van der Waals surface area (Å²) in [6.07, 6.45) is 4.09. The average molecular weight is 409 g/mol. The average Bonchev–Trinajstić information content (AvgIpc) is 2.84. The van der Waals surface area contributed by atoms with E-state index in [2.05, 4.69) is 14.9 Å². The lowest BCUT2D eigenvalue weighted by molar-refractivity contribution is -0.139. The molecule has 158 valence electrons. The minimum atomic E-state index is 0.0481. The van der Waals surface area contributed by atoms with Gasteiger partial charge in [-0.15, -0.1) is 0 Å². The van der Waals surface area contributed by atoms with Crippen LogP contribution in [0.4, 0.5) is 5.82 Å². The van der Waals surface area contributed by atoms with Gasteiger partial charge in [-0.3, -0.25) is 9.59 Å². The van der Waals surface area contributed by atoms with E-state index in [1.165, 1.54) is 0 Å². The van der Waals surface area contributed by atoms with E-state index in [-0.39, 0.29) is 11.8 Å². The molecule has 0 radical (unpaired) electrons. The van der Waals surface area contributed by atoms with E-state index in [0.717, 1.165) is 55.2 Å². The Morgan fingerprint density at radius 3 is 2.37 bits per heavy atom. The third kappa shape index (κ3) is 4.37. The molecule has 0 bridgehead atoms. The third-order valence-electron chi connectivity index (χ3n) is 5.98. The first kappa shape index (κ1) is 20.1. The molecule has 0 aliphatic carbocycles. The molecule has 3 heterocycles. The molecule has 1 aromatic heterocycles. The van der Waals surface area contributed by atoms with Gasteiger partial charge in [-0.1, -0.05) is 0 Å². The van der Waals surface area contributed by atoms with Gasteiger partial charge in [0, 0.05) is 56.8 Å². The van der Waals surface area contributed by atoms with Crippen LogP contribution in [0.1, 0.15) is 12.8 Å². The van der Waals surface area contributed by atoms with Crippen LogP contribution >= 0.6 is 0 Å². The first-order valence-electron chi connectivity index (χ1n) is 10.4. The second kappa shape index (κ2) is 9.11. The summed E-state index contributed by atoms with van der Waals surface area (Å²) >= 11 is 0. The maximum Gasteiger partial charge on any atom is 0.225 e. The largest absolute Gasteiger partial charge is 0.497 e. The van der Waals surface area contributed by atoms with E-state index in [1.807, 2.05) is 35.2 Å². The van der Waals surface area contributed by atoms with Crippen molar-refractivity contribution in [3.05, 3.63) is 36.7 Å². The number of hydrogen-bond donors (Lipinski definition) is 0. The number of rotatable bonds is 5. The highest BCUT2D eigenvalue weighted by atomic mass is 16.5. The van der Waals surface area contributed by atoms with Crippen molar-refractivity contribution < 1.29 is 14.3 Å². The first-order valence-corrected chi connectivity index (χ1v) is 10.4. The van der Waals surface area contributed by atoms with E-state index in [4.69, 9.17) is 4.74 Å². The van der Waals surface area contributed by atoms with Gasteiger partial charge in [0.1, 0.15) is 17.9 Å². The van der Waals surface area contributed by atoms with Gasteiger partial charge in [0.15, 0.2) is 0 Å². The summed E-state index contributed by atoms with van der Waals surface area (Å²) in [6.45, 7) is 4.11. The van der Waals surface area contributed by atoms with Gasteiger partial charge in [0.05, 0.1) is 12.8 Å². The summed E-state index contributed by atoms with van der Waals surface area (Å²) < 4.78 is 5.22. The molecule has 0 spiro atoms. The Bertz CT molecular complexity index is 873. The highest BCUT2D eigenvalue weighted by molar-refractivity contribution is 5.79. The Hall–Kier alpha value is -3.16. The molecule has 2 aliphatic heterocycles. The molecular formula is C22H27N5O3. The van der Waals surface area contributed by atoms with Crippen LogP contribution in [0.2, 0.25) is 0 Å². The number of carbonyl (C=O) groups is 2. The summed E-state index contributed by atoms with van der Waals surface area (Å²) in [5.74, 6) is 1.97. The van der Waals surface area contributed by atoms with E-state index in [1.54, 1.807) is 18.3 Å². The van der Waals surface area contributed by atoms with Gasteiger partial charge in [-0.2, -0.15) is 0 Å². The van der Waals surface area contributed by atoms with Crippen molar-refractivity contribution in [3.63, 3.8) is 0 Å². The van der Waals surface area contributed by atoms with Gasteiger partial charge < -0.3 is 19.4 Å². The first-order chi connectivity index (χ1) is 14.7. The summed E-state index contributed by atoms with van der Waals surface area (Å²) in [4.78, 5) is 38.4. The van der Waals surface area contributed by atoms with Crippen molar-refractivity contribution in [2.75, 3.05) is 51.3 Å². The lowest BCUT2D eigenvalue weighted by Gasteiger charge is -2.37. The third-order valence-corrected chi connectivity index (χ3v) is 5.98. The Labute approximate surface area is 176 Å². The zero-order valence-corrected chi connectivity index (χ0v) is 17.2. The number of methoxy groups -OCH3 is 1. The Morgan fingerprint density at radius 1 is 1.03 bits per heavy atom. The highest BCUT2D eigenvalue weighted by Crippen LogP contribution is 2.27. The number of ether oxygens (including phenoxy) is 1. The standard InChI is InChI=1S/C22H27N5O3/c1-30-19-4-2-17(3-5-19)20-14-21(24-15-23-20)26-8-6-18(7-9-26)22(29)27-12-10-25(16-28)11-13-27/h2-5,14-16,18H,6-13H2,1H3. The van der Waals surface area contributed by atoms with Gasteiger partial charge >= 0.3 is 0 Å². The molecule has 2 fully saturated rings. The van der Waals surface area contributed by atoms with E-state index in [9.17, 15) is 9.59 Å². The second-order valence-electron chi connectivity index (χ2n) is 7.72. The van der Waals surface area contributed by atoms with Crippen molar-refractivity contribution >= 4 is 18.1 Å². The van der Waals surface area contributed by atoms with Crippen molar-refractivity contribution in [2.24, 2.45) is 5.92 Å². The zero-order valence-electron chi connectivity index (χ0n) is 17.2. The molecule has 0 atom stereocenters. The maximum absolute atomic E-state index is 12.8. The van der Waals surface area contributed by atoms with Crippen LogP contribution in [0.5, 0.6) is 5.75 Å². The molecule has 1 aromatic carbocycles. The normalized spacial score (nSPS) is 17.7. The zero-order chi connectivity index (χ0) is 20.9. The molecule has 2 aliphatic rings. The molecule has 4 rings (SSSR count). The van der Waals surface area contributed by atoms with Crippen molar-refractivity contribution in [2.45, 2.75) is 12.8 Å². The number of carbonyl (C=O) groups excluding carboxylic acids is 2.